The molecule has 0 amide bonds. The number of hydrogen-bond donors (Lipinski definition) is 0. The van der Waals surface area contributed by atoms with Crippen molar-refractivity contribution in [2.24, 2.45) is 0 Å². The van der Waals surface area contributed by atoms with Gasteiger partial charge in [-0.05, 0) is 12.1 Å². The van der Waals surface area contributed by atoms with Crippen molar-refractivity contribution in [2.75, 3.05) is 7.11 Å². The largest absolute Gasteiger partial charge is 0.461 e. The Morgan fingerprint density at radius 2 is 2.14 bits per heavy atom. The first kappa shape index (κ1) is 19.8. The van der Waals surface area contributed by atoms with E-state index in [-0.39, 0.29) is 17.3 Å². The number of nitrogens with zero attached hydrogens (tertiary/aromatic N) is 3. The zero-order valence-corrected chi connectivity index (χ0v) is 16.6. The molecule has 1 saturated heterocycles. The molecule has 1 fully saturated rings. The van der Waals surface area contributed by atoms with Gasteiger partial charge in [-0.25, -0.2) is 23.2 Å². The number of aromatic nitrogens is 3. The molecule has 4 rings (SSSR count). The van der Waals surface area contributed by atoms with Crippen LogP contribution in [0.2, 0.25) is 5.02 Å². The molecule has 10 heteroatoms. The Labute approximate surface area is 173 Å². The van der Waals surface area contributed by atoms with E-state index in [9.17, 15) is 13.6 Å². The van der Waals surface area contributed by atoms with Crippen LogP contribution in [0.5, 0.6) is 0 Å². The van der Waals surface area contributed by atoms with Gasteiger partial charge in [0.2, 0.25) is 0 Å². The van der Waals surface area contributed by atoms with E-state index in [0.29, 0.717) is 10.6 Å². The Morgan fingerprint density at radius 3 is 2.86 bits per heavy atom. The van der Waals surface area contributed by atoms with Crippen LogP contribution in [0.1, 0.15) is 17.2 Å². The van der Waals surface area contributed by atoms with E-state index in [4.69, 9.17) is 16.3 Å². The number of benzene rings is 2. The molecule has 29 heavy (non-hydrogen) atoms. The molecule has 1 aliphatic heterocycles. The fraction of sp³-hybridized carbons (Fsp3) is 0.211. The fourth-order valence-electron chi connectivity index (χ4n) is 3.20. The summed E-state index contributed by atoms with van der Waals surface area (Å²) in [5.74, 6) is -1.44. The van der Waals surface area contributed by atoms with E-state index < -0.39 is 28.6 Å². The third-order valence-electron chi connectivity index (χ3n) is 4.58. The number of epoxide rings is 1. The summed E-state index contributed by atoms with van der Waals surface area (Å²) in [6.45, 7) is 0.0325. The van der Waals surface area contributed by atoms with Crippen LogP contribution in [-0.4, -0.2) is 27.2 Å². The van der Waals surface area contributed by atoms with Crippen LogP contribution >= 0.6 is 23.4 Å². The average Bonchev–Trinajstić information content (AvgIpc) is 3.24. The van der Waals surface area contributed by atoms with Gasteiger partial charge >= 0.3 is 5.30 Å². The van der Waals surface area contributed by atoms with Crippen LogP contribution in [0.15, 0.2) is 53.9 Å². The average molecular weight is 438 g/mol. The maximum atomic E-state index is 14.7. The SMILES string of the molecule is COC(=O)Sc1ncnn1C[C@]1(c2ccc(F)cc2F)O[C@@H]1c1ccccc1Cl. The van der Waals surface area contributed by atoms with Crippen LogP contribution in [0.25, 0.3) is 0 Å². The predicted octanol–water partition coefficient (Wildman–Crippen LogP) is 4.74. The molecule has 3 aromatic rings. The van der Waals surface area contributed by atoms with E-state index in [0.717, 1.165) is 23.9 Å². The Kier molecular flexibility index (Phi) is 5.28. The minimum atomic E-state index is -1.19. The second-order valence-corrected chi connectivity index (χ2v) is 7.60. The predicted molar refractivity (Wildman–Crippen MR) is 102 cm³/mol. The molecule has 0 bridgehead atoms. The number of carbonyl (C=O) groups is 1. The molecular formula is C19H14ClF2N3O3S. The van der Waals surface area contributed by atoms with Crippen molar-refractivity contribution >= 4 is 28.7 Å². The summed E-state index contributed by atoms with van der Waals surface area (Å²) in [7, 11) is 1.25. The number of halogens is 3. The highest BCUT2D eigenvalue weighted by molar-refractivity contribution is 8.13. The summed E-state index contributed by atoms with van der Waals surface area (Å²) in [5, 5.41) is 4.27. The lowest BCUT2D eigenvalue weighted by atomic mass is 9.91. The summed E-state index contributed by atoms with van der Waals surface area (Å²) in [5.41, 5.74) is -0.365. The lowest BCUT2D eigenvalue weighted by Gasteiger charge is -2.16. The highest BCUT2D eigenvalue weighted by atomic mass is 35.5. The summed E-state index contributed by atoms with van der Waals surface area (Å²) < 4.78 is 40.2. The van der Waals surface area contributed by atoms with Gasteiger partial charge in [0.25, 0.3) is 0 Å². The standard InChI is InChI=1S/C19H14ClF2N3O3S/c1-27-18(26)29-17-23-10-24-25(17)9-19(13-7-6-11(21)8-15(13)22)16(28-19)12-4-2-3-5-14(12)20/h2-8,10,16H,9H2,1H3/t16-,19-/m1/s1. The second-order valence-electron chi connectivity index (χ2n) is 6.29. The van der Waals surface area contributed by atoms with Crippen molar-refractivity contribution in [1.29, 1.82) is 0 Å². The lowest BCUT2D eigenvalue weighted by Crippen LogP contribution is -2.22. The zero-order chi connectivity index (χ0) is 20.6. The zero-order valence-electron chi connectivity index (χ0n) is 15.0. The molecule has 0 radical (unpaired) electrons. The third kappa shape index (κ3) is 3.73. The first-order valence-electron chi connectivity index (χ1n) is 8.46. The van der Waals surface area contributed by atoms with Crippen molar-refractivity contribution < 1.29 is 23.0 Å². The number of methoxy groups -OCH3 is 1. The molecule has 2 heterocycles. The summed E-state index contributed by atoms with van der Waals surface area (Å²) in [6.07, 6.45) is 0.684. The highest BCUT2D eigenvalue weighted by Gasteiger charge is 2.61. The van der Waals surface area contributed by atoms with Gasteiger partial charge in [-0.2, -0.15) is 5.10 Å². The summed E-state index contributed by atoms with van der Waals surface area (Å²) in [6, 6.07) is 10.4. The molecule has 150 valence electrons. The van der Waals surface area contributed by atoms with E-state index in [1.807, 2.05) is 0 Å². The smallest absolute Gasteiger partial charge is 0.374 e. The van der Waals surface area contributed by atoms with E-state index in [2.05, 4.69) is 14.8 Å². The first-order valence-corrected chi connectivity index (χ1v) is 9.65. The van der Waals surface area contributed by atoms with Gasteiger partial charge in [0, 0.05) is 34.0 Å². The van der Waals surface area contributed by atoms with Gasteiger partial charge in [0.15, 0.2) is 5.16 Å². The molecule has 6 nitrogen and oxygen atoms in total. The van der Waals surface area contributed by atoms with Crippen LogP contribution < -0.4 is 0 Å². The fourth-order valence-corrected chi connectivity index (χ4v) is 3.99. The molecule has 0 N–H and O–H groups in total. The van der Waals surface area contributed by atoms with E-state index in [1.165, 1.54) is 24.2 Å². The minimum Gasteiger partial charge on any atom is -0.461 e. The number of hydrogen-bond acceptors (Lipinski definition) is 6. The number of ether oxygens (including phenoxy) is 2. The van der Waals surface area contributed by atoms with Crippen molar-refractivity contribution in [1.82, 2.24) is 14.8 Å². The van der Waals surface area contributed by atoms with Gasteiger partial charge in [0.05, 0.1) is 13.7 Å². The summed E-state index contributed by atoms with van der Waals surface area (Å²) in [4.78, 5) is 15.7. The second kappa shape index (κ2) is 7.74. The quantitative estimate of drug-likeness (QED) is 0.326. The minimum absolute atomic E-state index is 0.0325. The highest BCUT2D eigenvalue weighted by Crippen LogP contribution is 2.59. The monoisotopic (exact) mass is 437 g/mol. The Morgan fingerprint density at radius 1 is 1.34 bits per heavy atom. The Bertz CT molecular complexity index is 1080. The van der Waals surface area contributed by atoms with E-state index >= 15 is 0 Å². The third-order valence-corrected chi connectivity index (χ3v) is 5.75. The van der Waals surface area contributed by atoms with Gasteiger partial charge < -0.3 is 9.47 Å². The van der Waals surface area contributed by atoms with Crippen LogP contribution in [0, 0.1) is 11.6 Å². The first-order chi connectivity index (χ1) is 13.9. The molecule has 2 atom stereocenters. The topological polar surface area (TPSA) is 69.5 Å². The molecular weight excluding hydrogens is 424 g/mol. The molecule has 0 unspecified atom stereocenters. The molecule has 1 aliphatic rings. The summed E-state index contributed by atoms with van der Waals surface area (Å²) >= 11 is 7.05. The van der Waals surface area contributed by atoms with Crippen molar-refractivity contribution in [2.45, 2.75) is 23.4 Å². The Balaban J connectivity index is 1.75. The molecule has 0 aliphatic carbocycles. The molecule has 0 spiro atoms. The van der Waals surface area contributed by atoms with Gasteiger partial charge in [-0.1, -0.05) is 35.9 Å². The van der Waals surface area contributed by atoms with Gasteiger partial charge in [0.1, 0.15) is 29.7 Å². The molecule has 2 aromatic carbocycles. The Hall–Kier alpha value is -2.49. The van der Waals surface area contributed by atoms with Crippen LogP contribution in [0.4, 0.5) is 13.6 Å². The molecule has 1 aromatic heterocycles. The van der Waals surface area contributed by atoms with E-state index in [1.54, 1.807) is 24.3 Å². The normalized spacial score (nSPS) is 20.5. The van der Waals surface area contributed by atoms with Crippen molar-refractivity contribution in [3.8, 4) is 0 Å². The maximum Gasteiger partial charge on any atom is 0.374 e. The van der Waals surface area contributed by atoms with Gasteiger partial charge in [-0.3, -0.25) is 0 Å². The number of thioether (sulfide) groups is 1. The maximum absolute atomic E-state index is 14.7. The van der Waals surface area contributed by atoms with Crippen molar-refractivity contribution in [3.05, 3.63) is 76.6 Å². The van der Waals surface area contributed by atoms with Gasteiger partial charge in [-0.15, -0.1) is 0 Å². The van der Waals surface area contributed by atoms with Crippen LogP contribution in [0.3, 0.4) is 0 Å². The van der Waals surface area contributed by atoms with Crippen molar-refractivity contribution in [3.63, 3.8) is 0 Å². The number of carbonyl (C=O) groups excluding carboxylic acids is 1. The van der Waals surface area contributed by atoms with Crippen LogP contribution in [-0.2, 0) is 21.6 Å². The lowest BCUT2D eigenvalue weighted by molar-refractivity contribution is 0.200. The number of rotatable bonds is 5. The molecule has 0 saturated carbocycles.